The van der Waals surface area contributed by atoms with Crippen molar-refractivity contribution in [2.45, 2.75) is 24.7 Å². The molecule has 0 unspecified atom stereocenters. The van der Waals surface area contributed by atoms with Crippen LogP contribution in [0.5, 0.6) is 5.75 Å². The van der Waals surface area contributed by atoms with Gasteiger partial charge >= 0.3 is 6.36 Å². The number of amides is 1. The first-order valence-electron chi connectivity index (χ1n) is 8.27. The Morgan fingerprint density at radius 2 is 1.83 bits per heavy atom. The predicted molar refractivity (Wildman–Crippen MR) is 95.9 cm³/mol. The molecule has 0 radical (unpaired) electrons. The first-order chi connectivity index (χ1) is 14.0. The van der Waals surface area contributed by atoms with Crippen LogP contribution in [0.2, 0.25) is 0 Å². The number of rotatable bonds is 6. The minimum Gasteiger partial charge on any atom is -0.406 e. The minimum absolute atomic E-state index is 0.0619. The van der Waals surface area contributed by atoms with Gasteiger partial charge in [-0.05, 0) is 37.3 Å². The Hall–Kier alpha value is -3.48. The standard InChI is InChI=1S/C17H14F3N5O4S/c1-11-8-22-12(9-21-11)10-23-16(26)15-6-7-25(24-15)30(27,28)14-4-2-13(3-5-14)29-17(18,19)20/h2-9H,10H2,1H3,(H,23,26). The number of carbonyl (C=O) groups is 1. The fourth-order valence-electron chi connectivity index (χ4n) is 2.26. The maximum Gasteiger partial charge on any atom is 0.573 e. The van der Waals surface area contributed by atoms with E-state index in [0.717, 1.165) is 30.5 Å². The van der Waals surface area contributed by atoms with Crippen LogP contribution in [0.15, 0.2) is 53.8 Å². The molecule has 0 atom stereocenters. The van der Waals surface area contributed by atoms with Crippen molar-refractivity contribution in [3.05, 3.63) is 66.0 Å². The van der Waals surface area contributed by atoms with E-state index < -0.39 is 28.0 Å². The number of aryl methyl sites for hydroxylation is 1. The Labute approximate surface area is 168 Å². The largest absolute Gasteiger partial charge is 0.573 e. The van der Waals surface area contributed by atoms with Gasteiger partial charge in [0.05, 0.1) is 29.0 Å². The van der Waals surface area contributed by atoms with Crippen molar-refractivity contribution in [3.8, 4) is 5.75 Å². The summed E-state index contributed by atoms with van der Waals surface area (Å²) in [6.07, 6.45) is -0.816. The monoisotopic (exact) mass is 441 g/mol. The van der Waals surface area contributed by atoms with Gasteiger partial charge < -0.3 is 10.1 Å². The molecule has 3 rings (SSSR count). The third kappa shape index (κ3) is 5.11. The number of nitrogens with one attached hydrogen (secondary N) is 1. The van der Waals surface area contributed by atoms with Crippen LogP contribution in [0.25, 0.3) is 0 Å². The van der Waals surface area contributed by atoms with Crippen molar-refractivity contribution in [3.63, 3.8) is 0 Å². The first kappa shape index (κ1) is 21.2. The second-order valence-electron chi connectivity index (χ2n) is 5.93. The zero-order valence-corrected chi connectivity index (χ0v) is 16.1. The fourth-order valence-corrected chi connectivity index (χ4v) is 3.37. The van der Waals surface area contributed by atoms with Crippen LogP contribution in [-0.2, 0) is 16.6 Å². The molecule has 158 valence electrons. The molecule has 0 bridgehead atoms. The van der Waals surface area contributed by atoms with E-state index in [4.69, 9.17) is 0 Å². The summed E-state index contributed by atoms with van der Waals surface area (Å²) >= 11 is 0. The Balaban J connectivity index is 1.70. The van der Waals surface area contributed by atoms with Crippen LogP contribution >= 0.6 is 0 Å². The number of carbonyl (C=O) groups excluding carboxylic acids is 1. The van der Waals surface area contributed by atoms with E-state index in [1.807, 2.05) is 0 Å². The number of benzene rings is 1. The number of halogens is 3. The number of hydrogen-bond donors (Lipinski definition) is 1. The summed E-state index contributed by atoms with van der Waals surface area (Å²) in [4.78, 5) is 20.0. The van der Waals surface area contributed by atoms with Crippen LogP contribution in [-0.4, -0.2) is 39.8 Å². The fraction of sp³-hybridized carbons (Fsp3) is 0.176. The van der Waals surface area contributed by atoms with E-state index in [-0.39, 0.29) is 17.1 Å². The van der Waals surface area contributed by atoms with Crippen LogP contribution in [0.3, 0.4) is 0 Å². The summed E-state index contributed by atoms with van der Waals surface area (Å²) in [7, 11) is -4.22. The molecule has 0 fully saturated rings. The third-order valence-corrected chi connectivity index (χ3v) is 5.23. The van der Waals surface area contributed by atoms with E-state index in [0.29, 0.717) is 15.5 Å². The highest BCUT2D eigenvalue weighted by molar-refractivity contribution is 7.89. The SMILES string of the molecule is Cc1cnc(CNC(=O)c2ccn(S(=O)(=O)c3ccc(OC(F)(F)F)cc3)n2)cn1. The summed E-state index contributed by atoms with van der Waals surface area (Å²) in [5.41, 5.74) is 1.05. The Morgan fingerprint density at radius 3 is 2.43 bits per heavy atom. The summed E-state index contributed by atoms with van der Waals surface area (Å²) in [5.74, 6) is -1.21. The molecule has 1 aromatic carbocycles. The van der Waals surface area contributed by atoms with Gasteiger partial charge in [-0.15, -0.1) is 13.2 Å². The average molecular weight is 441 g/mol. The van der Waals surface area contributed by atoms with E-state index in [2.05, 4.69) is 25.1 Å². The smallest absolute Gasteiger partial charge is 0.406 e. The van der Waals surface area contributed by atoms with Crippen LogP contribution in [0, 0.1) is 6.92 Å². The molecule has 0 aliphatic carbocycles. The molecule has 0 spiro atoms. The Bertz CT molecular complexity index is 1140. The highest BCUT2D eigenvalue weighted by Crippen LogP contribution is 2.24. The number of aromatic nitrogens is 4. The van der Waals surface area contributed by atoms with E-state index in [1.54, 1.807) is 6.92 Å². The lowest BCUT2D eigenvalue weighted by molar-refractivity contribution is -0.274. The molecule has 2 aromatic heterocycles. The van der Waals surface area contributed by atoms with Gasteiger partial charge in [0, 0.05) is 12.4 Å². The molecule has 2 heterocycles. The molecular formula is C17H14F3N5O4S. The molecule has 9 nitrogen and oxygen atoms in total. The topological polar surface area (TPSA) is 116 Å². The lowest BCUT2D eigenvalue weighted by Gasteiger charge is -2.09. The molecule has 30 heavy (non-hydrogen) atoms. The van der Waals surface area contributed by atoms with Crippen molar-refractivity contribution in [1.29, 1.82) is 0 Å². The molecule has 1 N–H and O–H groups in total. The van der Waals surface area contributed by atoms with Gasteiger partial charge in [-0.25, -0.2) is 0 Å². The highest BCUT2D eigenvalue weighted by Gasteiger charge is 2.31. The van der Waals surface area contributed by atoms with Crippen LogP contribution < -0.4 is 10.1 Å². The highest BCUT2D eigenvalue weighted by atomic mass is 32.2. The Kier molecular flexibility index (Phi) is 5.73. The quantitative estimate of drug-likeness (QED) is 0.622. The van der Waals surface area contributed by atoms with E-state index in [9.17, 15) is 26.4 Å². The first-order valence-corrected chi connectivity index (χ1v) is 9.71. The van der Waals surface area contributed by atoms with Crippen molar-refractivity contribution in [2.24, 2.45) is 0 Å². The zero-order chi connectivity index (χ0) is 21.9. The molecule has 0 aliphatic heterocycles. The summed E-state index contributed by atoms with van der Waals surface area (Å²) in [6.45, 7) is 1.83. The van der Waals surface area contributed by atoms with Gasteiger partial charge in [-0.3, -0.25) is 14.8 Å². The van der Waals surface area contributed by atoms with Gasteiger partial charge in [0.2, 0.25) is 0 Å². The van der Waals surface area contributed by atoms with Crippen molar-refractivity contribution < 1.29 is 31.1 Å². The number of ether oxygens (including phenoxy) is 1. The third-order valence-electron chi connectivity index (χ3n) is 3.66. The lowest BCUT2D eigenvalue weighted by atomic mass is 10.3. The van der Waals surface area contributed by atoms with Crippen LogP contribution in [0.4, 0.5) is 13.2 Å². The molecule has 13 heteroatoms. The number of hydrogen-bond acceptors (Lipinski definition) is 7. The summed E-state index contributed by atoms with van der Waals surface area (Å²) in [6, 6.07) is 4.79. The van der Waals surface area contributed by atoms with Gasteiger partial charge in [0.1, 0.15) is 5.75 Å². The van der Waals surface area contributed by atoms with Crippen molar-refractivity contribution >= 4 is 15.9 Å². The normalized spacial score (nSPS) is 11.9. The molecule has 0 aliphatic rings. The van der Waals surface area contributed by atoms with E-state index >= 15 is 0 Å². The molecule has 0 saturated heterocycles. The minimum atomic E-state index is -4.89. The molecule has 1 amide bonds. The van der Waals surface area contributed by atoms with Gasteiger partial charge in [-0.1, -0.05) is 0 Å². The zero-order valence-electron chi connectivity index (χ0n) is 15.3. The van der Waals surface area contributed by atoms with Gasteiger partial charge in [0.15, 0.2) is 5.69 Å². The number of alkyl halides is 3. The van der Waals surface area contributed by atoms with Gasteiger partial charge in [-0.2, -0.15) is 17.6 Å². The molecule has 0 saturated carbocycles. The van der Waals surface area contributed by atoms with E-state index in [1.165, 1.54) is 18.5 Å². The predicted octanol–water partition coefficient (Wildman–Crippen LogP) is 2.05. The van der Waals surface area contributed by atoms with Crippen LogP contribution in [0.1, 0.15) is 21.9 Å². The second kappa shape index (κ2) is 8.10. The van der Waals surface area contributed by atoms with Gasteiger partial charge in [0.25, 0.3) is 15.9 Å². The Morgan fingerprint density at radius 1 is 1.13 bits per heavy atom. The number of nitrogens with zero attached hydrogens (tertiary/aromatic N) is 4. The molecule has 3 aromatic rings. The molecular weight excluding hydrogens is 427 g/mol. The lowest BCUT2D eigenvalue weighted by Crippen LogP contribution is -2.24. The summed E-state index contributed by atoms with van der Waals surface area (Å²) < 4.78 is 66.0. The van der Waals surface area contributed by atoms with Crippen molar-refractivity contribution in [1.82, 2.24) is 24.5 Å². The van der Waals surface area contributed by atoms with Crippen molar-refractivity contribution in [2.75, 3.05) is 0 Å². The average Bonchev–Trinajstić information content (AvgIpc) is 3.18. The maximum atomic E-state index is 12.6. The maximum absolute atomic E-state index is 12.6. The second-order valence-corrected chi connectivity index (χ2v) is 7.73. The summed E-state index contributed by atoms with van der Waals surface area (Å²) in [5, 5.41) is 6.27.